The number of hydrogen-bond donors (Lipinski definition) is 5. The molecule has 0 spiro atoms. The third kappa shape index (κ3) is 8.43. The van der Waals surface area contributed by atoms with Gasteiger partial charge in [0.25, 0.3) is 0 Å². The van der Waals surface area contributed by atoms with Gasteiger partial charge in [-0.2, -0.15) is 36.4 Å². The summed E-state index contributed by atoms with van der Waals surface area (Å²) in [7, 11) is 1.97. The zero-order valence-electron chi connectivity index (χ0n) is 17.0. The first-order valence-corrected chi connectivity index (χ1v) is 8.73. The van der Waals surface area contributed by atoms with Crippen molar-refractivity contribution in [1.82, 2.24) is 25.5 Å². The molecule has 0 aromatic carbocycles. The zero-order chi connectivity index (χ0) is 25.6. The van der Waals surface area contributed by atoms with Gasteiger partial charge < -0.3 is 26.2 Å². The van der Waals surface area contributed by atoms with Gasteiger partial charge in [-0.15, -0.1) is 0 Å². The molecular formula is C16H19F6N7O4. The van der Waals surface area contributed by atoms with Gasteiger partial charge in [-0.05, 0) is 19.5 Å². The molecule has 3 rings (SSSR count). The molecule has 0 atom stereocenters. The summed E-state index contributed by atoms with van der Waals surface area (Å²) in [5.74, 6) is -4.36. The molecule has 11 nitrogen and oxygen atoms in total. The van der Waals surface area contributed by atoms with Crippen LogP contribution in [-0.2, 0) is 9.59 Å². The van der Waals surface area contributed by atoms with Gasteiger partial charge in [-0.3, -0.25) is 5.10 Å². The Kier molecular flexibility index (Phi) is 8.96. The number of carboxylic acids is 2. The minimum Gasteiger partial charge on any atom is -0.475 e. The third-order valence-electron chi connectivity index (χ3n) is 3.91. The Morgan fingerprint density at radius 2 is 1.61 bits per heavy atom. The van der Waals surface area contributed by atoms with E-state index in [0.29, 0.717) is 6.04 Å². The van der Waals surface area contributed by atoms with Crippen LogP contribution in [0.3, 0.4) is 0 Å². The molecule has 0 saturated carbocycles. The predicted octanol–water partition coefficient (Wildman–Crippen LogP) is 1.43. The molecule has 33 heavy (non-hydrogen) atoms. The van der Waals surface area contributed by atoms with Crippen molar-refractivity contribution in [2.45, 2.75) is 25.3 Å². The quantitative estimate of drug-likeness (QED) is 0.399. The van der Waals surface area contributed by atoms with Crippen molar-refractivity contribution in [1.29, 1.82) is 0 Å². The van der Waals surface area contributed by atoms with Crippen molar-refractivity contribution in [3.8, 4) is 11.4 Å². The molecule has 2 aromatic heterocycles. The number of aryl methyl sites for hydroxylation is 1. The second-order valence-corrected chi connectivity index (χ2v) is 6.39. The van der Waals surface area contributed by atoms with Gasteiger partial charge in [0, 0.05) is 25.2 Å². The molecule has 1 fully saturated rings. The molecule has 0 bridgehead atoms. The summed E-state index contributed by atoms with van der Waals surface area (Å²) in [6, 6.07) is 2.47. The minimum absolute atomic E-state index is 0.286. The lowest BCUT2D eigenvalue weighted by Crippen LogP contribution is -2.57. The lowest BCUT2D eigenvalue weighted by atomic mass is 10.1. The van der Waals surface area contributed by atoms with Crippen LogP contribution in [0.1, 0.15) is 5.56 Å². The fourth-order valence-electron chi connectivity index (χ4n) is 2.20. The number of likely N-dealkylation sites (N-methyl/N-ethyl adjacent to an activating group) is 1. The normalized spacial score (nSPS) is 13.8. The van der Waals surface area contributed by atoms with Gasteiger partial charge >= 0.3 is 24.3 Å². The summed E-state index contributed by atoms with van der Waals surface area (Å²) in [4.78, 5) is 28.5. The van der Waals surface area contributed by atoms with E-state index in [2.05, 4.69) is 30.4 Å². The van der Waals surface area contributed by atoms with Crippen molar-refractivity contribution < 1.29 is 46.1 Å². The van der Waals surface area contributed by atoms with E-state index >= 15 is 0 Å². The number of aromatic nitrogens is 4. The smallest absolute Gasteiger partial charge is 0.475 e. The lowest BCUT2D eigenvalue weighted by molar-refractivity contribution is -0.193. The molecule has 0 aliphatic carbocycles. The van der Waals surface area contributed by atoms with Gasteiger partial charge in [0.1, 0.15) is 5.82 Å². The second kappa shape index (κ2) is 10.8. The van der Waals surface area contributed by atoms with Crippen LogP contribution in [0.2, 0.25) is 0 Å². The van der Waals surface area contributed by atoms with Crippen LogP contribution in [0.5, 0.6) is 0 Å². The van der Waals surface area contributed by atoms with E-state index in [1.807, 2.05) is 20.0 Å². The number of carboxylic acid groups (broad SMARTS) is 2. The first-order valence-electron chi connectivity index (χ1n) is 8.73. The molecule has 0 radical (unpaired) electrons. The highest BCUT2D eigenvalue weighted by atomic mass is 19.4. The maximum atomic E-state index is 10.6. The van der Waals surface area contributed by atoms with Gasteiger partial charge in [-0.1, -0.05) is 0 Å². The number of nitrogens with two attached hydrogens (primary N) is 1. The lowest BCUT2D eigenvalue weighted by Gasteiger charge is -2.40. The SMILES string of the molecule is CNC1CN(c2cc(-c3[nH]ncc3C)nc(N)n2)C1.O=C(O)C(F)(F)F.O=C(O)C(F)(F)F. The maximum absolute atomic E-state index is 10.6. The monoisotopic (exact) mass is 487 g/mol. The largest absolute Gasteiger partial charge is 0.490 e. The van der Waals surface area contributed by atoms with Crippen molar-refractivity contribution >= 4 is 23.7 Å². The highest BCUT2D eigenvalue weighted by molar-refractivity contribution is 5.73. The molecule has 17 heteroatoms. The summed E-state index contributed by atoms with van der Waals surface area (Å²) in [5, 5.41) is 24.4. The van der Waals surface area contributed by atoms with Crippen molar-refractivity contribution in [3.63, 3.8) is 0 Å². The van der Waals surface area contributed by atoms with E-state index in [-0.39, 0.29) is 5.95 Å². The minimum atomic E-state index is -5.08. The maximum Gasteiger partial charge on any atom is 0.490 e. The first kappa shape index (κ1) is 27.4. The van der Waals surface area contributed by atoms with Gasteiger partial charge in [0.2, 0.25) is 5.95 Å². The van der Waals surface area contributed by atoms with Crippen molar-refractivity contribution in [2.24, 2.45) is 0 Å². The number of anilines is 2. The van der Waals surface area contributed by atoms with E-state index < -0.39 is 24.3 Å². The molecule has 1 aliphatic heterocycles. The summed E-state index contributed by atoms with van der Waals surface area (Å²) in [5.41, 5.74) is 8.52. The number of nitrogens with zero attached hydrogens (tertiary/aromatic N) is 4. The second-order valence-electron chi connectivity index (χ2n) is 6.39. The Morgan fingerprint density at radius 1 is 1.12 bits per heavy atom. The molecule has 184 valence electrons. The van der Waals surface area contributed by atoms with E-state index in [1.165, 1.54) is 0 Å². The average molecular weight is 487 g/mol. The number of aromatic amines is 1. The summed E-state index contributed by atoms with van der Waals surface area (Å²) < 4.78 is 63.5. The number of aliphatic carboxylic acids is 2. The molecule has 0 amide bonds. The highest BCUT2D eigenvalue weighted by Gasteiger charge is 2.38. The number of halogens is 6. The number of rotatable bonds is 3. The van der Waals surface area contributed by atoms with Gasteiger partial charge in [0.05, 0.1) is 17.6 Å². The van der Waals surface area contributed by atoms with Crippen molar-refractivity contribution in [3.05, 3.63) is 17.8 Å². The zero-order valence-corrected chi connectivity index (χ0v) is 17.0. The summed E-state index contributed by atoms with van der Waals surface area (Å²) in [6.07, 6.45) is -8.39. The number of hydrogen-bond acceptors (Lipinski definition) is 8. The van der Waals surface area contributed by atoms with Crippen LogP contribution in [-0.4, -0.2) is 80.8 Å². The van der Waals surface area contributed by atoms with Gasteiger partial charge in [-0.25, -0.2) is 14.6 Å². The molecule has 2 aromatic rings. The number of H-pyrrole nitrogens is 1. The van der Waals surface area contributed by atoms with Crippen LogP contribution < -0.4 is 16.0 Å². The molecule has 1 aliphatic rings. The standard InChI is InChI=1S/C12H17N7.2C2HF3O2/c1-7-4-15-18-11(7)9-3-10(17-12(13)16-9)19-5-8(6-19)14-2;2*3-2(4,5)1(6)7/h3-4,8,14H,5-6H2,1-2H3,(H,15,18)(H2,13,16,17);2*(H,6,7). The van der Waals surface area contributed by atoms with E-state index in [9.17, 15) is 26.3 Å². The van der Waals surface area contributed by atoms with Gasteiger partial charge in [0.15, 0.2) is 0 Å². The predicted molar refractivity (Wildman–Crippen MR) is 101 cm³/mol. The third-order valence-corrected chi connectivity index (χ3v) is 3.91. The van der Waals surface area contributed by atoms with Crippen molar-refractivity contribution in [2.75, 3.05) is 30.8 Å². The Morgan fingerprint density at radius 3 is 1.97 bits per heavy atom. The Labute approximate surface area is 181 Å². The van der Waals surface area contributed by atoms with Crippen LogP contribution >= 0.6 is 0 Å². The molecule has 3 heterocycles. The summed E-state index contributed by atoms with van der Waals surface area (Å²) >= 11 is 0. The Hall–Kier alpha value is -3.63. The molecular weight excluding hydrogens is 468 g/mol. The number of alkyl halides is 6. The van der Waals surface area contributed by atoms with E-state index in [1.54, 1.807) is 6.20 Å². The average Bonchev–Trinajstić information content (AvgIpc) is 3.06. The number of nitrogens with one attached hydrogen (secondary N) is 2. The Balaban J connectivity index is 0.000000324. The van der Waals surface area contributed by atoms with E-state index in [0.717, 1.165) is 35.9 Å². The van der Waals surface area contributed by atoms with Crippen LogP contribution in [0.15, 0.2) is 12.3 Å². The molecule has 6 N–H and O–H groups in total. The molecule has 0 unspecified atom stereocenters. The number of carbonyl (C=O) groups is 2. The summed E-state index contributed by atoms with van der Waals surface area (Å²) in [6.45, 7) is 3.86. The molecule has 1 saturated heterocycles. The highest BCUT2D eigenvalue weighted by Crippen LogP contribution is 2.25. The fourth-order valence-corrected chi connectivity index (χ4v) is 2.20. The van der Waals surface area contributed by atoms with Crippen LogP contribution in [0, 0.1) is 6.92 Å². The first-order chi connectivity index (χ1) is 15.1. The number of nitrogen functional groups attached to an aromatic ring is 1. The fraction of sp³-hybridized carbons (Fsp3) is 0.438. The van der Waals surface area contributed by atoms with Crippen LogP contribution in [0.4, 0.5) is 38.1 Å². The van der Waals surface area contributed by atoms with Crippen LogP contribution in [0.25, 0.3) is 11.4 Å². The van der Waals surface area contributed by atoms with E-state index in [4.69, 9.17) is 25.5 Å². The topological polar surface area (TPSA) is 170 Å². The Bertz CT molecular complexity index is 934.